The van der Waals surface area contributed by atoms with Gasteiger partial charge in [-0.1, -0.05) is 11.6 Å². The zero-order chi connectivity index (χ0) is 37.7. The lowest BCUT2D eigenvalue weighted by molar-refractivity contribution is 0.0686. The van der Waals surface area contributed by atoms with Crippen LogP contribution in [0.5, 0.6) is 23.0 Å². The number of aromatic carboxylic acids is 2. The summed E-state index contributed by atoms with van der Waals surface area (Å²) in [5.74, 6) is -3.30. The van der Waals surface area contributed by atoms with Crippen molar-refractivity contribution in [3.8, 4) is 45.8 Å². The van der Waals surface area contributed by atoms with Crippen LogP contribution in [0.2, 0.25) is 5.02 Å². The molecule has 6 N–H and O–H groups in total. The number of rotatable bonds is 6. The number of hydrogen-bond acceptors (Lipinski definition) is 10. The summed E-state index contributed by atoms with van der Waals surface area (Å²) in [5, 5.41) is 20.6. The van der Waals surface area contributed by atoms with E-state index in [1.165, 1.54) is 44.6 Å². The third-order valence-electron chi connectivity index (χ3n) is 8.87. The highest BCUT2D eigenvalue weighted by atomic mass is 35.5. The van der Waals surface area contributed by atoms with Gasteiger partial charge in [-0.25, -0.2) is 19.6 Å². The van der Waals surface area contributed by atoms with Crippen LogP contribution in [-0.4, -0.2) is 80.5 Å². The lowest BCUT2D eigenvalue weighted by Gasteiger charge is -2.17. The predicted molar refractivity (Wildman–Crippen MR) is 190 cm³/mol. The van der Waals surface area contributed by atoms with Crippen LogP contribution in [0.15, 0.2) is 54.6 Å². The second-order valence-corrected chi connectivity index (χ2v) is 12.1. The molecule has 0 saturated heterocycles. The number of methoxy groups -OCH3 is 2. The first-order valence-corrected chi connectivity index (χ1v) is 16.3. The van der Waals surface area contributed by atoms with Gasteiger partial charge >= 0.3 is 11.9 Å². The molecular weight excluding hydrogens is 712 g/mol. The summed E-state index contributed by atoms with van der Waals surface area (Å²) in [6, 6.07) is 13.4. The highest BCUT2D eigenvalue weighted by Gasteiger charge is 2.29. The van der Waals surface area contributed by atoms with Crippen molar-refractivity contribution in [1.82, 2.24) is 19.1 Å². The number of ether oxygens (including phenoxy) is 4. The number of amides is 2. The Balaban J connectivity index is 1.56. The topological polar surface area (TPSA) is 233 Å². The molecule has 17 heteroatoms. The van der Waals surface area contributed by atoms with Crippen LogP contribution in [0.4, 0.5) is 0 Å². The summed E-state index contributed by atoms with van der Waals surface area (Å²) < 4.78 is 26.4. The number of imidazole rings is 2. The smallest absolute Gasteiger partial charge is 0.336 e. The zero-order valence-electron chi connectivity index (χ0n) is 28.0. The van der Waals surface area contributed by atoms with Gasteiger partial charge < -0.3 is 49.8 Å². The molecule has 16 nitrogen and oxygen atoms in total. The maximum absolute atomic E-state index is 12.7. The number of benzene rings is 4. The average molecular weight is 741 g/mol. The Morgan fingerprint density at radius 2 is 1.25 bits per heavy atom. The zero-order valence-corrected chi connectivity index (χ0v) is 28.8. The Labute approximate surface area is 304 Å². The lowest BCUT2D eigenvalue weighted by Crippen LogP contribution is -2.14. The lowest BCUT2D eigenvalue weighted by atomic mass is 10.1. The van der Waals surface area contributed by atoms with Crippen LogP contribution >= 0.6 is 11.6 Å². The largest absolute Gasteiger partial charge is 0.494 e. The number of aryl methyl sites for hydroxylation is 2. The summed E-state index contributed by atoms with van der Waals surface area (Å²) in [5.41, 5.74) is 12.6. The SMILES string of the molecule is COc1c(C(N)=O)ccc2c1nc1n2CCn2c(nc3c(OC)c(C(N)=O)ccc32)-c2c(C(=O)O)ccc(c2Cl)OCCOc2ccc-1c(C(=O)O)c2. The van der Waals surface area contributed by atoms with Crippen molar-refractivity contribution in [1.29, 1.82) is 0 Å². The molecule has 0 saturated carbocycles. The molecular formula is C36H29ClN6O10. The van der Waals surface area contributed by atoms with E-state index in [1.54, 1.807) is 33.4 Å². The number of carboxylic acids is 2. The van der Waals surface area contributed by atoms with Crippen LogP contribution in [0.25, 0.3) is 44.8 Å². The summed E-state index contributed by atoms with van der Waals surface area (Å²) in [7, 11) is 2.71. The van der Waals surface area contributed by atoms with E-state index in [9.17, 15) is 29.4 Å². The van der Waals surface area contributed by atoms with E-state index in [2.05, 4.69) is 0 Å². The van der Waals surface area contributed by atoms with Crippen molar-refractivity contribution in [3.05, 3.63) is 81.9 Å². The molecule has 4 bridgehead atoms. The number of hydrogen-bond donors (Lipinski definition) is 4. The minimum Gasteiger partial charge on any atom is -0.494 e. The molecule has 2 aliphatic heterocycles. The van der Waals surface area contributed by atoms with Crippen LogP contribution < -0.4 is 30.4 Å². The molecule has 8 rings (SSSR count). The molecule has 2 amide bonds. The highest BCUT2D eigenvalue weighted by molar-refractivity contribution is 6.35. The van der Waals surface area contributed by atoms with Gasteiger partial charge in [-0.05, 0) is 54.6 Å². The molecule has 6 aromatic rings. The molecule has 0 fully saturated rings. The number of nitrogens with zero attached hydrogens (tertiary/aromatic N) is 4. The normalized spacial score (nSPS) is 12.7. The maximum Gasteiger partial charge on any atom is 0.336 e. The third kappa shape index (κ3) is 5.74. The monoisotopic (exact) mass is 740 g/mol. The van der Waals surface area contributed by atoms with Crippen molar-refractivity contribution < 1.29 is 48.3 Å². The minimum atomic E-state index is -1.30. The van der Waals surface area contributed by atoms with E-state index in [0.29, 0.717) is 11.0 Å². The number of primary amides is 2. The molecule has 0 spiro atoms. The van der Waals surface area contributed by atoms with Gasteiger partial charge in [-0.15, -0.1) is 0 Å². The van der Waals surface area contributed by atoms with E-state index in [-0.39, 0.29) is 110 Å². The molecule has 4 heterocycles. The van der Waals surface area contributed by atoms with Gasteiger partial charge in [0.05, 0.1) is 58.1 Å². The van der Waals surface area contributed by atoms with E-state index in [0.717, 1.165) is 0 Å². The maximum atomic E-state index is 12.7. The molecule has 0 aliphatic carbocycles. The van der Waals surface area contributed by atoms with E-state index >= 15 is 0 Å². The number of nitrogens with two attached hydrogens (primary N) is 2. The van der Waals surface area contributed by atoms with E-state index < -0.39 is 23.8 Å². The van der Waals surface area contributed by atoms with Crippen LogP contribution in [0, 0.1) is 0 Å². The van der Waals surface area contributed by atoms with Gasteiger partial charge in [-0.2, -0.15) is 0 Å². The number of fused-ring (bicyclic) bond motifs is 8. The minimum absolute atomic E-state index is 0.0181. The average Bonchev–Trinajstić information content (AvgIpc) is 3.69. The van der Waals surface area contributed by atoms with Gasteiger partial charge in [0.15, 0.2) is 11.5 Å². The molecule has 2 aromatic heterocycles. The molecule has 4 aromatic carbocycles. The second kappa shape index (κ2) is 13.4. The van der Waals surface area contributed by atoms with Crippen molar-refractivity contribution in [2.24, 2.45) is 11.5 Å². The Morgan fingerprint density at radius 1 is 0.717 bits per heavy atom. The molecule has 0 atom stereocenters. The third-order valence-corrected chi connectivity index (χ3v) is 9.24. The van der Waals surface area contributed by atoms with Crippen LogP contribution in [0.1, 0.15) is 41.4 Å². The van der Waals surface area contributed by atoms with Crippen molar-refractivity contribution in [2.45, 2.75) is 13.1 Å². The van der Waals surface area contributed by atoms with E-state index in [1.807, 2.05) is 0 Å². The Bertz CT molecular complexity index is 2540. The van der Waals surface area contributed by atoms with Crippen LogP contribution in [0.3, 0.4) is 0 Å². The van der Waals surface area contributed by atoms with Crippen LogP contribution in [-0.2, 0) is 13.1 Å². The highest BCUT2D eigenvalue weighted by Crippen LogP contribution is 2.42. The molecule has 270 valence electrons. The fraction of sp³-hybridized carbons (Fsp3) is 0.167. The molecule has 2 aliphatic rings. The summed E-state index contributed by atoms with van der Waals surface area (Å²) in [6.45, 7) is -0.00814. The number of carbonyl (C=O) groups excluding carboxylic acids is 2. The van der Waals surface area contributed by atoms with Gasteiger partial charge in [0.2, 0.25) is 0 Å². The number of carboxylic acid groups (broad SMARTS) is 2. The standard InChI is InChI=1S/C36H29ClN6O10/c1-50-29-19(31(38)44)5-8-22-27(29)40-33-17-4-3-16(15-21(17)36(48)49)52-13-14-53-24-10-7-18(35(46)47)25(26(24)37)34-41-28-23(43(34)12-11-42(22)33)9-6-20(32(39)45)30(28)51-2/h3-10,15H,11-14H2,1-2H3,(H2,38,44)(H2,39,45)(H,46,47)(H,48,49). The summed E-state index contributed by atoms with van der Waals surface area (Å²) in [6.07, 6.45) is 0. The van der Waals surface area contributed by atoms with E-state index in [4.69, 9.17) is 52.0 Å². The van der Waals surface area contributed by atoms with Gasteiger partial charge in [-0.3, -0.25) is 9.59 Å². The first-order chi connectivity index (χ1) is 25.4. The van der Waals surface area contributed by atoms with Crippen molar-refractivity contribution >= 4 is 57.4 Å². The second-order valence-electron chi connectivity index (χ2n) is 11.7. The first kappa shape index (κ1) is 34.6. The summed E-state index contributed by atoms with van der Waals surface area (Å²) in [4.78, 5) is 59.7. The number of halogens is 1. The number of carbonyl (C=O) groups is 4. The molecule has 0 radical (unpaired) electrons. The Kier molecular flexibility index (Phi) is 8.75. The van der Waals surface area contributed by atoms with Gasteiger partial charge in [0.25, 0.3) is 11.8 Å². The Hall–Kier alpha value is -6.81. The quantitative estimate of drug-likeness (QED) is 0.185. The fourth-order valence-electron chi connectivity index (χ4n) is 6.55. The summed E-state index contributed by atoms with van der Waals surface area (Å²) >= 11 is 6.94. The van der Waals surface area contributed by atoms with Gasteiger partial charge in [0.1, 0.15) is 47.4 Å². The van der Waals surface area contributed by atoms with Crippen molar-refractivity contribution in [3.63, 3.8) is 0 Å². The predicted octanol–water partition coefficient (Wildman–Crippen LogP) is 4.46. The van der Waals surface area contributed by atoms with Crippen molar-refractivity contribution in [2.75, 3.05) is 27.4 Å². The first-order valence-electron chi connectivity index (χ1n) is 15.9. The van der Waals surface area contributed by atoms with Gasteiger partial charge in [0, 0.05) is 18.7 Å². The molecule has 0 unspecified atom stereocenters. The molecule has 53 heavy (non-hydrogen) atoms. The Morgan fingerprint density at radius 3 is 1.79 bits per heavy atom. The fourth-order valence-corrected chi connectivity index (χ4v) is 6.85. The number of aromatic nitrogens is 4.